The van der Waals surface area contributed by atoms with E-state index < -0.39 is 10.0 Å². The minimum absolute atomic E-state index is 0.106. The van der Waals surface area contributed by atoms with Crippen molar-refractivity contribution in [2.45, 2.75) is 18.7 Å². The number of hydrogen-bond acceptors (Lipinski definition) is 5. The van der Waals surface area contributed by atoms with Crippen molar-refractivity contribution in [1.82, 2.24) is 0 Å². The van der Waals surface area contributed by atoms with E-state index in [1.54, 1.807) is 31.2 Å². The second-order valence-corrected chi connectivity index (χ2v) is 7.30. The van der Waals surface area contributed by atoms with E-state index in [9.17, 15) is 13.2 Å². The van der Waals surface area contributed by atoms with Crippen molar-refractivity contribution < 1.29 is 22.7 Å². The summed E-state index contributed by atoms with van der Waals surface area (Å²) >= 11 is 0. The highest BCUT2D eigenvalue weighted by atomic mass is 32.2. The van der Waals surface area contributed by atoms with Gasteiger partial charge in [0.05, 0.1) is 10.6 Å². The van der Waals surface area contributed by atoms with Crippen molar-refractivity contribution in [2.24, 2.45) is 0 Å². The van der Waals surface area contributed by atoms with E-state index in [-0.39, 0.29) is 10.8 Å². The Morgan fingerprint density at radius 3 is 2.44 bits per heavy atom. The van der Waals surface area contributed by atoms with Gasteiger partial charge in [0.25, 0.3) is 10.0 Å². The summed E-state index contributed by atoms with van der Waals surface area (Å²) in [6.07, 6.45) is 0. The molecule has 0 radical (unpaired) electrons. The first-order chi connectivity index (χ1) is 11.8. The van der Waals surface area contributed by atoms with Crippen LogP contribution in [0, 0.1) is 6.92 Å². The molecule has 25 heavy (non-hydrogen) atoms. The SMILES string of the molecule is CC(=O)Nc1ccc(S(=O)(=O)Nc2ccc3c(c2)OCCO3)cc1C. The molecule has 0 unspecified atom stereocenters. The van der Waals surface area contributed by atoms with Gasteiger partial charge in [-0.25, -0.2) is 8.42 Å². The largest absolute Gasteiger partial charge is 0.486 e. The molecule has 0 saturated heterocycles. The van der Waals surface area contributed by atoms with Crippen LogP contribution in [0.2, 0.25) is 0 Å². The number of aryl methyl sites for hydroxylation is 1. The number of anilines is 2. The lowest BCUT2D eigenvalue weighted by molar-refractivity contribution is -0.114. The molecule has 0 aliphatic carbocycles. The lowest BCUT2D eigenvalue weighted by Crippen LogP contribution is -2.17. The number of carbonyl (C=O) groups is 1. The van der Waals surface area contributed by atoms with Crippen LogP contribution in [0.4, 0.5) is 11.4 Å². The Kier molecular flexibility index (Phi) is 4.54. The smallest absolute Gasteiger partial charge is 0.261 e. The molecule has 2 aromatic carbocycles. The number of ether oxygens (including phenoxy) is 2. The fraction of sp³-hybridized carbons (Fsp3) is 0.235. The summed E-state index contributed by atoms with van der Waals surface area (Å²) in [5.74, 6) is 0.876. The Morgan fingerprint density at radius 2 is 1.76 bits per heavy atom. The van der Waals surface area contributed by atoms with Crippen LogP contribution in [0.1, 0.15) is 12.5 Å². The van der Waals surface area contributed by atoms with E-state index in [1.807, 2.05) is 0 Å². The van der Waals surface area contributed by atoms with Crippen LogP contribution in [0.5, 0.6) is 11.5 Å². The number of sulfonamides is 1. The van der Waals surface area contributed by atoms with E-state index in [2.05, 4.69) is 10.0 Å². The second kappa shape index (κ2) is 6.64. The summed E-state index contributed by atoms with van der Waals surface area (Å²) in [7, 11) is -3.77. The third kappa shape index (κ3) is 3.85. The molecule has 0 spiro atoms. The van der Waals surface area contributed by atoms with Gasteiger partial charge >= 0.3 is 0 Å². The molecule has 2 aromatic rings. The van der Waals surface area contributed by atoms with Gasteiger partial charge in [-0.3, -0.25) is 9.52 Å². The predicted molar refractivity (Wildman–Crippen MR) is 93.7 cm³/mol. The van der Waals surface area contributed by atoms with E-state index in [0.29, 0.717) is 41.7 Å². The maximum atomic E-state index is 12.6. The average Bonchev–Trinajstić information content (AvgIpc) is 2.56. The summed E-state index contributed by atoms with van der Waals surface area (Å²) in [5.41, 5.74) is 1.61. The van der Waals surface area contributed by atoms with Gasteiger partial charge in [-0.05, 0) is 42.8 Å². The molecule has 0 fully saturated rings. The van der Waals surface area contributed by atoms with Crippen molar-refractivity contribution in [3.05, 3.63) is 42.0 Å². The fourth-order valence-electron chi connectivity index (χ4n) is 2.45. The highest BCUT2D eigenvalue weighted by molar-refractivity contribution is 7.92. The average molecular weight is 362 g/mol. The molecule has 0 aromatic heterocycles. The van der Waals surface area contributed by atoms with Crippen LogP contribution >= 0.6 is 0 Å². The number of benzene rings is 2. The van der Waals surface area contributed by atoms with Gasteiger partial charge in [0.2, 0.25) is 5.91 Å². The number of rotatable bonds is 4. The Balaban J connectivity index is 1.84. The minimum atomic E-state index is -3.77. The second-order valence-electron chi connectivity index (χ2n) is 5.62. The zero-order valence-electron chi connectivity index (χ0n) is 13.8. The van der Waals surface area contributed by atoms with Crippen LogP contribution in [0.15, 0.2) is 41.3 Å². The predicted octanol–water partition coefficient (Wildman–Crippen LogP) is 2.53. The maximum absolute atomic E-state index is 12.6. The molecule has 1 aliphatic rings. The lowest BCUT2D eigenvalue weighted by atomic mass is 10.2. The molecular weight excluding hydrogens is 344 g/mol. The number of fused-ring (bicyclic) bond motifs is 1. The molecule has 1 amide bonds. The van der Waals surface area contributed by atoms with Gasteiger partial charge in [-0.2, -0.15) is 0 Å². The first kappa shape index (κ1) is 17.1. The molecule has 8 heteroatoms. The summed E-state index contributed by atoms with van der Waals surface area (Å²) < 4.78 is 38.6. The van der Waals surface area contributed by atoms with Crippen LogP contribution in [-0.4, -0.2) is 27.5 Å². The van der Waals surface area contributed by atoms with Gasteiger partial charge in [0.15, 0.2) is 11.5 Å². The molecule has 0 saturated carbocycles. The molecule has 0 bridgehead atoms. The zero-order valence-corrected chi connectivity index (χ0v) is 14.6. The fourth-order valence-corrected chi connectivity index (χ4v) is 3.59. The standard InChI is InChI=1S/C17H18N2O5S/c1-11-9-14(4-5-15(11)18-12(2)20)25(21,22)19-13-3-6-16-17(10-13)24-8-7-23-16/h3-6,9-10,19H,7-8H2,1-2H3,(H,18,20). The first-order valence-electron chi connectivity index (χ1n) is 7.66. The maximum Gasteiger partial charge on any atom is 0.261 e. The van der Waals surface area contributed by atoms with Gasteiger partial charge in [-0.1, -0.05) is 0 Å². The zero-order chi connectivity index (χ0) is 18.0. The Labute approximate surface area is 146 Å². The summed E-state index contributed by atoms with van der Waals surface area (Å²) in [6.45, 7) is 4.02. The molecular formula is C17H18N2O5S. The van der Waals surface area contributed by atoms with Crippen molar-refractivity contribution in [3.63, 3.8) is 0 Å². The van der Waals surface area contributed by atoms with Crippen LogP contribution in [0.3, 0.4) is 0 Å². The summed E-state index contributed by atoms with van der Waals surface area (Å²) in [6, 6.07) is 9.38. The lowest BCUT2D eigenvalue weighted by Gasteiger charge is -2.19. The topological polar surface area (TPSA) is 93.7 Å². The normalized spacial score (nSPS) is 13.2. The van der Waals surface area contributed by atoms with E-state index in [0.717, 1.165) is 0 Å². The summed E-state index contributed by atoms with van der Waals surface area (Å²) in [4.78, 5) is 11.2. The Morgan fingerprint density at radius 1 is 1.04 bits per heavy atom. The number of hydrogen-bond donors (Lipinski definition) is 2. The van der Waals surface area contributed by atoms with Gasteiger partial charge in [0, 0.05) is 18.7 Å². The van der Waals surface area contributed by atoms with E-state index >= 15 is 0 Å². The van der Waals surface area contributed by atoms with Gasteiger partial charge in [0.1, 0.15) is 13.2 Å². The van der Waals surface area contributed by atoms with Crippen molar-refractivity contribution >= 4 is 27.3 Å². The van der Waals surface area contributed by atoms with Crippen LogP contribution < -0.4 is 19.5 Å². The molecule has 3 rings (SSSR count). The Bertz CT molecular complexity index is 925. The highest BCUT2D eigenvalue weighted by Crippen LogP contribution is 2.33. The molecule has 0 atom stereocenters. The molecule has 1 aliphatic heterocycles. The first-order valence-corrected chi connectivity index (χ1v) is 9.14. The third-order valence-electron chi connectivity index (χ3n) is 3.61. The Hall–Kier alpha value is -2.74. The van der Waals surface area contributed by atoms with Crippen LogP contribution in [0.25, 0.3) is 0 Å². The highest BCUT2D eigenvalue weighted by Gasteiger charge is 2.18. The van der Waals surface area contributed by atoms with E-state index in [1.165, 1.54) is 19.1 Å². The number of nitrogens with one attached hydrogen (secondary N) is 2. The molecule has 1 heterocycles. The van der Waals surface area contributed by atoms with E-state index in [4.69, 9.17) is 9.47 Å². The van der Waals surface area contributed by atoms with Gasteiger partial charge < -0.3 is 14.8 Å². The molecule has 7 nitrogen and oxygen atoms in total. The van der Waals surface area contributed by atoms with Crippen molar-refractivity contribution in [1.29, 1.82) is 0 Å². The summed E-state index contributed by atoms with van der Waals surface area (Å²) in [5, 5.41) is 2.65. The van der Waals surface area contributed by atoms with Crippen LogP contribution in [-0.2, 0) is 14.8 Å². The van der Waals surface area contributed by atoms with Crippen molar-refractivity contribution in [2.75, 3.05) is 23.3 Å². The molecule has 132 valence electrons. The number of carbonyl (C=O) groups excluding carboxylic acids is 1. The quantitative estimate of drug-likeness (QED) is 0.872. The minimum Gasteiger partial charge on any atom is -0.486 e. The van der Waals surface area contributed by atoms with Gasteiger partial charge in [-0.15, -0.1) is 0 Å². The van der Waals surface area contributed by atoms with Crippen molar-refractivity contribution in [3.8, 4) is 11.5 Å². The molecule has 2 N–H and O–H groups in total. The monoisotopic (exact) mass is 362 g/mol. The number of amides is 1. The third-order valence-corrected chi connectivity index (χ3v) is 4.99.